The first-order valence-corrected chi connectivity index (χ1v) is 10.7. The molecule has 2 saturated heterocycles. The van der Waals surface area contributed by atoms with Gasteiger partial charge in [0, 0.05) is 37.2 Å². The third-order valence-corrected chi connectivity index (χ3v) is 7.06. The van der Waals surface area contributed by atoms with Crippen molar-refractivity contribution in [1.29, 1.82) is 0 Å². The summed E-state index contributed by atoms with van der Waals surface area (Å²) < 4.78 is 28.8. The zero-order valence-corrected chi connectivity index (χ0v) is 15.9. The Morgan fingerprint density at radius 1 is 1.28 bits per heavy atom. The van der Waals surface area contributed by atoms with Gasteiger partial charge in [-0.2, -0.15) is 0 Å². The fourth-order valence-electron chi connectivity index (χ4n) is 3.34. The van der Waals surface area contributed by atoms with Gasteiger partial charge < -0.3 is 9.64 Å². The molecule has 2 aliphatic heterocycles. The summed E-state index contributed by atoms with van der Waals surface area (Å²) in [6.45, 7) is 4.53. The maximum Gasteiger partial charge on any atom is 0.260 e. The summed E-state index contributed by atoms with van der Waals surface area (Å²) in [6, 6.07) is 5.43. The molecule has 0 spiro atoms. The van der Waals surface area contributed by atoms with Crippen LogP contribution in [0, 0.1) is 6.92 Å². The lowest BCUT2D eigenvalue weighted by molar-refractivity contribution is -0.135. The van der Waals surface area contributed by atoms with Crippen molar-refractivity contribution >= 4 is 27.3 Å². The number of amides is 1. The molecule has 1 unspecified atom stereocenters. The average molecular weight is 387 g/mol. The highest BCUT2D eigenvalue weighted by atomic mass is 35.5. The Hall–Kier alpha value is -1.31. The molecule has 3 rings (SSSR count). The fraction of sp³-hybridized carbons (Fsp3) is 0.588. The van der Waals surface area contributed by atoms with E-state index in [1.54, 1.807) is 17.0 Å². The number of carbonyl (C=O) groups excluding carboxylic acids is 1. The molecular weight excluding hydrogens is 364 g/mol. The second-order valence-electron chi connectivity index (χ2n) is 6.67. The van der Waals surface area contributed by atoms with Gasteiger partial charge in [0.1, 0.15) is 5.75 Å². The van der Waals surface area contributed by atoms with Gasteiger partial charge in [0.25, 0.3) is 5.91 Å². The van der Waals surface area contributed by atoms with Crippen molar-refractivity contribution in [2.24, 2.45) is 0 Å². The zero-order chi connectivity index (χ0) is 18.0. The summed E-state index contributed by atoms with van der Waals surface area (Å²) in [5.41, 5.74) is 0.909. The van der Waals surface area contributed by atoms with Gasteiger partial charge in [0.2, 0.25) is 0 Å². The molecule has 0 radical (unpaired) electrons. The van der Waals surface area contributed by atoms with Crippen LogP contribution in [-0.2, 0) is 14.6 Å². The van der Waals surface area contributed by atoms with Crippen molar-refractivity contribution in [2.75, 3.05) is 44.3 Å². The van der Waals surface area contributed by atoms with E-state index in [4.69, 9.17) is 16.3 Å². The number of hydrogen-bond acceptors (Lipinski definition) is 5. The van der Waals surface area contributed by atoms with Crippen molar-refractivity contribution in [3.8, 4) is 5.75 Å². The van der Waals surface area contributed by atoms with Gasteiger partial charge in [-0.15, -0.1) is 0 Å². The lowest BCUT2D eigenvalue weighted by atomic mass is 10.2. The van der Waals surface area contributed by atoms with Crippen molar-refractivity contribution in [3.63, 3.8) is 0 Å². The first kappa shape index (κ1) is 18.5. The Kier molecular flexibility index (Phi) is 5.55. The topological polar surface area (TPSA) is 66.9 Å². The SMILES string of the molecule is Cc1cc(OCC(=O)N2CCN(C3CCS(=O)(=O)C3)CC2)ccc1Cl. The molecule has 0 saturated carbocycles. The molecule has 1 aromatic carbocycles. The van der Waals surface area contributed by atoms with E-state index in [1.807, 2.05) is 13.0 Å². The van der Waals surface area contributed by atoms with Crippen molar-refractivity contribution < 1.29 is 17.9 Å². The maximum absolute atomic E-state index is 12.3. The Bertz CT molecular complexity index is 745. The van der Waals surface area contributed by atoms with Crippen LogP contribution in [0.25, 0.3) is 0 Å². The number of halogens is 1. The number of benzene rings is 1. The lowest BCUT2D eigenvalue weighted by Gasteiger charge is -2.37. The van der Waals surface area contributed by atoms with Crippen molar-refractivity contribution in [1.82, 2.24) is 9.80 Å². The fourth-order valence-corrected chi connectivity index (χ4v) is 5.22. The molecule has 138 valence electrons. The Morgan fingerprint density at radius 3 is 2.60 bits per heavy atom. The van der Waals surface area contributed by atoms with Crippen LogP contribution in [-0.4, -0.2) is 74.5 Å². The molecule has 0 aliphatic carbocycles. The van der Waals surface area contributed by atoms with Crippen LogP contribution < -0.4 is 4.74 Å². The quantitative estimate of drug-likeness (QED) is 0.781. The molecule has 8 heteroatoms. The van der Waals surface area contributed by atoms with E-state index in [2.05, 4.69) is 4.90 Å². The molecule has 0 aromatic heterocycles. The minimum absolute atomic E-state index is 0.00111. The number of aryl methyl sites for hydroxylation is 1. The van der Waals surface area contributed by atoms with Gasteiger partial charge in [-0.25, -0.2) is 8.42 Å². The Labute approximate surface area is 153 Å². The number of sulfone groups is 1. The largest absolute Gasteiger partial charge is 0.484 e. The number of nitrogens with zero attached hydrogens (tertiary/aromatic N) is 2. The normalized spacial score (nSPS) is 23.6. The first-order valence-electron chi connectivity index (χ1n) is 8.45. The van der Waals surface area contributed by atoms with E-state index in [0.717, 1.165) is 5.56 Å². The highest BCUT2D eigenvalue weighted by Gasteiger charge is 2.34. The number of carbonyl (C=O) groups is 1. The summed E-state index contributed by atoms with van der Waals surface area (Å²) in [6.07, 6.45) is 0.704. The molecule has 1 atom stereocenters. The van der Waals surface area contributed by atoms with Gasteiger partial charge in [-0.05, 0) is 37.1 Å². The van der Waals surface area contributed by atoms with Crippen LogP contribution >= 0.6 is 11.6 Å². The number of ether oxygens (including phenoxy) is 1. The van der Waals surface area contributed by atoms with Gasteiger partial charge in [-0.1, -0.05) is 11.6 Å². The Morgan fingerprint density at radius 2 is 2.00 bits per heavy atom. The van der Waals surface area contributed by atoms with Crippen molar-refractivity contribution in [3.05, 3.63) is 28.8 Å². The number of piperazine rings is 1. The van der Waals surface area contributed by atoms with E-state index >= 15 is 0 Å². The van der Waals surface area contributed by atoms with E-state index in [9.17, 15) is 13.2 Å². The molecule has 2 heterocycles. The van der Waals surface area contributed by atoms with Crippen LogP contribution in [0.4, 0.5) is 0 Å². The van der Waals surface area contributed by atoms with E-state index in [1.165, 1.54) is 0 Å². The monoisotopic (exact) mass is 386 g/mol. The van der Waals surface area contributed by atoms with E-state index < -0.39 is 9.84 Å². The predicted molar refractivity (Wildman–Crippen MR) is 96.9 cm³/mol. The highest BCUT2D eigenvalue weighted by molar-refractivity contribution is 7.91. The molecule has 1 aromatic rings. The summed E-state index contributed by atoms with van der Waals surface area (Å²) in [4.78, 5) is 16.3. The van der Waals surface area contributed by atoms with Gasteiger partial charge in [-0.3, -0.25) is 9.69 Å². The molecule has 2 fully saturated rings. The molecule has 1 amide bonds. The standard InChI is InChI=1S/C17H23ClN2O4S/c1-13-10-15(2-3-16(13)18)24-11-17(21)20-7-5-19(6-8-20)14-4-9-25(22,23)12-14/h2-3,10,14H,4-9,11-12H2,1H3. The maximum atomic E-state index is 12.3. The smallest absolute Gasteiger partial charge is 0.260 e. The molecular formula is C17H23ClN2O4S. The van der Waals surface area contributed by atoms with Crippen LogP contribution in [0.5, 0.6) is 5.75 Å². The summed E-state index contributed by atoms with van der Waals surface area (Å²) in [5.74, 6) is 1.11. The first-order chi connectivity index (χ1) is 11.8. The molecule has 2 aliphatic rings. The predicted octanol–water partition coefficient (Wildman–Crippen LogP) is 1.36. The van der Waals surface area contributed by atoms with Crippen LogP contribution in [0.1, 0.15) is 12.0 Å². The third kappa shape index (κ3) is 4.65. The third-order valence-electron chi connectivity index (χ3n) is 4.88. The van der Waals surface area contributed by atoms with Crippen LogP contribution in [0.3, 0.4) is 0 Å². The van der Waals surface area contributed by atoms with E-state index in [0.29, 0.717) is 43.4 Å². The van der Waals surface area contributed by atoms with Crippen molar-refractivity contribution in [2.45, 2.75) is 19.4 Å². The summed E-state index contributed by atoms with van der Waals surface area (Å²) in [5, 5.41) is 0.670. The van der Waals surface area contributed by atoms with Gasteiger partial charge in [0.05, 0.1) is 11.5 Å². The Balaban J connectivity index is 1.46. The van der Waals surface area contributed by atoms with Gasteiger partial charge in [0.15, 0.2) is 16.4 Å². The van der Waals surface area contributed by atoms with E-state index in [-0.39, 0.29) is 30.1 Å². The minimum Gasteiger partial charge on any atom is -0.484 e. The summed E-state index contributed by atoms with van der Waals surface area (Å²) >= 11 is 5.98. The molecule has 0 bridgehead atoms. The second-order valence-corrected chi connectivity index (χ2v) is 9.31. The van der Waals surface area contributed by atoms with Crippen LogP contribution in [0.15, 0.2) is 18.2 Å². The molecule has 6 nitrogen and oxygen atoms in total. The highest BCUT2D eigenvalue weighted by Crippen LogP contribution is 2.22. The van der Waals surface area contributed by atoms with Gasteiger partial charge >= 0.3 is 0 Å². The number of rotatable bonds is 4. The average Bonchev–Trinajstić information content (AvgIpc) is 2.96. The minimum atomic E-state index is -2.87. The lowest BCUT2D eigenvalue weighted by Crippen LogP contribution is -2.53. The zero-order valence-electron chi connectivity index (χ0n) is 14.3. The van der Waals surface area contributed by atoms with Crippen LogP contribution in [0.2, 0.25) is 5.02 Å². The molecule has 25 heavy (non-hydrogen) atoms. The summed E-state index contributed by atoms with van der Waals surface area (Å²) in [7, 11) is -2.87. The molecule has 0 N–H and O–H groups in total. The number of hydrogen-bond donors (Lipinski definition) is 0. The second kappa shape index (κ2) is 7.51.